The first-order valence-electron chi connectivity index (χ1n) is 6.54. The summed E-state index contributed by atoms with van der Waals surface area (Å²) in [5.41, 5.74) is 4.40. The fourth-order valence-electron chi connectivity index (χ4n) is 2.21. The Morgan fingerprint density at radius 1 is 1.24 bits per heavy atom. The standard InChI is InChI=1S/C15H26N2/c1-5-12(2)11-14(17-16)15(3,4)13-9-7-6-8-10-13/h6-10,12,14,17H,5,11,16H2,1-4H3. The summed E-state index contributed by atoms with van der Waals surface area (Å²) in [5.74, 6) is 6.44. The molecule has 0 aliphatic rings. The molecule has 0 fully saturated rings. The molecular weight excluding hydrogens is 208 g/mol. The van der Waals surface area contributed by atoms with Crippen LogP contribution in [0.2, 0.25) is 0 Å². The Kier molecular flexibility index (Phi) is 5.16. The molecule has 1 rings (SSSR count). The minimum atomic E-state index is 0.0550. The molecule has 0 saturated heterocycles. The second-order valence-corrected chi connectivity index (χ2v) is 5.56. The molecule has 0 saturated carbocycles. The summed E-state index contributed by atoms with van der Waals surface area (Å²) in [6.45, 7) is 9.03. The number of hydrogen-bond acceptors (Lipinski definition) is 2. The number of nitrogens with two attached hydrogens (primary N) is 1. The van der Waals surface area contributed by atoms with Gasteiger partial charge in [-0.3, -0.25) is 11.3 Å². The fourth-order valence-corrected chi connectivity index (χ4v) is 2.21. The summed E-state index contributed by atoms with van der Waals surface area (Å²) < 4.78 is 0. The maximum absolute atomic E-state index is 5.75. The van der Waals surface area contributed by atoms with Crippen LogP contribution in [0.1, 0.15) is 46.1 Å². The van der Waals surface area contributed by atoms with Crippen LogP contribution in [0.15, 0.2) is 30.3 Å². The molecule has 0 radical (unpaired) electrons. The van der Waals surface area contributed by atoms with Gasteiger partial charge in [-0.1, -0.05) is 64.4 Å². The normalized spacial score (nSPS) is 15.6. The molecule has 2 nitrogen and oxygen atoms in total. The Balaban J connectivity index is 2.86. The molecule has 0 aliphatic heterocycles. The van der Waals surface area contributed by atoms with Crippen LogP contribution in [0, 0.1) is 5.92 Å². The summed E-state index contributed by atoms with van der Waals surface area (Å²) in [6.07, 6.45) is 2.30. The van der Waals surface area contributed by atoms with E-state index in [-0.39, 0.29) is 5.41 Å². The van der Waals surface area contributed by atoms with Gasteiger partial charge in [0.15, 0.2) is 0 Å². The number of nitrogens with one attached hydrogen (secondary N) is 1. The van der Waals surface area contributed by atoms with Crippen molar-refractivity contribution < 1.29 is 0 Å². The second kappa shape index (κ2) is 6.18. The number of benzene rings is 1. The zero-order chi connectivity index (χ0) is 12.9. The number of hydrogen-bond donors (Lipinski definition) is 2. The molecule has 96 valence electrons. The van der Waals surface area contributed by atoms with E-state index >= 15 is 0 Å². The molecular formula is C15H26N2. The van der Waals surface area contributed by atoms with Gasteiger partial charge in [-0.25, -0.2) is 0 Å². The van der Waals surface area contributed by atoms with Gasteiger partial charge < -0.3 is 0 Å². The predicted octanol–water partition coefficient (Wildman–Crippen LogP) is 3.23. The highest BCUT2D eigenvalue weighted by molar-refractivity contribution is 5.25. The first-order chi connectivity index (χ1) is 8.02. The summed E-state index contributed by atoms with van der Waals surface area (Å²) in [7, 11) is 0. The zero-order valence-corrected chi connectivity index (χ0v) is 11.5. The van der Waals surface area contributed by atoms with Gasteiger partial charge in [0.25, 0.3) is 0 Å². The lowest BCUT2D eigenvalue weighted by molar-refractivity contribution is 0.286. The highest BCUT2D eigenvalue weighted by Crippen LogP contribution is 2.30. The number of hydrazine groups is 1. The third kappa shape index (κ3) is 3.55. The topological polar surface area (TPSA) is 38.0 Å². The monoisotopic (exact) mass is 234 g/mol. The van der Waals surface area contributed by atoms with Gasteiger partial charge in [-0.2, -0.15) is 0 Å². The van der Waals surface area contributed by atoms with Gasteiger partial charge in [-0.15, -0.1) is 0 Å². The Hall–Kier alpha value is -0.860. The summed E-state index contributed by atoms with van der Waals surface area (Å²) in [5, 5.41) is 0. The molecule has 0 aromatic heterocycles. The van der Waals surface area contributed by atoms with Crippen molar-refractivity contribution in [1.82, 2.24) is 5.43 Å². The van der Waals surface area contributed by atoms with E-state index in [4.69, 9.17) is 5.84 Å². The van der Waals surface area contributed by atoms with Crippen LogP contribution in [0.25, 0.3) is 0 Å². The van der Waals surface area contributed by atoms with Gasteiger partial charge in [0, 0.05) is 11.5 Å². The highest BCUT2D eigenvalue weighted by Gasteiger charge is 2.31. The van der Waals surface area contributed by atoms with Crippen molar-refractivity contribution in [1.29, 1.82) is 0 Å². The molecule has 2 heteroatoms. The van der Waals surface area contributed by atoms with Crippen molar-refractivity contribution in [3.63, 3.8) is 0 Å². The Morgan fingerprint density at radius 3 is 2.29 bits per heavy atom. The van der Waals surface area contributed by atoms with Gasteiger partial charge in [0.1, 0.15) is 0 Å². The van der Waals surface area contributed by atoms with Crippen molar-refractivity contribution >= 4 is 0 Å². The molecule has 3 N–H and O–H groups in total. The van der Waals surface area contributed by atoms with E-state index in [1.54, 1.807) is 0 Å². The Bertz CT molecular complexity index is 319. The van der Waals surface area contributed by atoms with Crippen molar-refractivity contribution in [3.8, 4) is 0 Å². The molecule has 1 aromatic carbocycles. The molecule has 17 heavy (non-hydrogen) atoms. The van der Waals surface area contributed by atoms with Gasteiger partial charge in [0.2, 0.25) is 0 Å². The van der Waals surface area contributed by atoms with Gasteiger partial charge in [-0.05, 0) is 17.9 Å². The van der Waals surface area contributed by atoms with Gasteiger partial charge in [0.05, 0.1) is 0 Å². The van der Waals surface area contributed by atoms with Gasteiger partial charge >= 0.3 is 0 Å². The first-order valence-corrected chi connectivity index (χ1v) is 6.54. The quantitative estimate of drug-likeness (QED) is 0.586. The average Bonchev–Trinajstić information content (AvgIpc) is 2.36. The zero-order valence-electron chi connectivity index (χ0n) is 11.5. The molecule has 2 unspecified atom stereocenters. The van der Waals surface area contributed by atoms with E-state index in [0.717, 1.165) is 6.42 Å². The Labute approximate surface area is 106 Å². The maximum atomic E-state index is 5.75. The van der Waals surface area contributed by atoms with E-state index in [9.17, 15) is 0 Å². The Morgan fingerprint density at radius 2 is 1.82 bits per heavy atom. The summed E-state index contributed by atoms with van der Waals surface area (Å²) in [6, 6.07) is 10.9. The lowest BCUT2D eigenvalue weighted by Crippen LogP contribution is -2.49. The third-order valence-corrected chi connectivity index (χ3v) is 3.93. The minimum absolute atomic E-state index is 0.0550. The largest absolute Gasteiger partial charge is 0.271 e. The minimum Gasteiger partial charge on any atom is -0.271 e. The predicted molar refractivity (Wildman–Crippen MR) is 74.7 cm³/mol. The van der Waals surface area contributed by atoms with Crippen LogP contribution in [-0.4, -0.2) is 6.04 Å². The highest BCUT2D eigenvalue weighted by atomic mass is 15.2. The van der Waals surface area contributed by atoms with Crippen LogP contribution in [-0.2, 0) is 5.41 Å². The average molecular weight is 234 g/mol. The van der Waals surface area contributed by atoms with Crippen molar-refractivity contribution in [2.45, 2.75) is 52.0 Å². The van der Waals surface area contributed by atoms with E-state index in [1.165, 1.54) is 12.0 Å². The summed E-state index contributed by atoms with van der Waals surface area (Å²) in [4.78, 5) is 0. The number of rotatable bonds is 6. The van der Waals surface area contributed by atoms with Crippen LogP contribution in [0.4, 0.5) is 0 Å². The molecule has 0 heterocycles. The van der Waals surface area contributed by atoms with Crippen molar-refractivity contribution in [2.24, 2.45) is 11.8 Å². The van der Waals surface area contributed by atoms with E-state index in [0.29, 0.717) is 12.0 Å². The van der Waals surface area contributed by atoms with Crippen LogP contribution >= 0.6 is 0 Å². The SMILES string of the molecule is CCC(C)CC(NN)C(C)(C)c1ccccc1. The molecule has 0 spiro atoms. The third-order valence-electron chi connectivity index (χ3n) is 3.93. The fraction of sp³-hybridized carbons (Fsp3) is 0.600. The molecule has 0 amide bonds. The lowest BCUT2D eigenvalue weighted by atomic mass is 9.74. The van der Waals surface area contributed by atoms with Crippen LogP contribution in [0.5, 0.6) is 0 Å². The first kappa shape index (κ1) is 14.2. The van der Waals surface area contributed by atoms with E-state index in [1.807, 2.05) is 0 Å². The van der Waals surface area contributed by atoms with Crippen LogP contribution < -0.4 is 11.3 Å². The second-order valence-electron chi connectivity index (χ2n) is 5.56. The molecule has 2 atom stereocenters. The molecule has 1 aromatic rings. The van der Waals surface area contributed by atoms with Crippen molar-refractivity contribution in [2.75, 3.05) is 0 Å². The molecule has 0 bridgehead atoms. The van der Waals surface area contributed by atoms with Crippen molar-refractivity contribution in [3.05, 3.63) is 35.9 Å². The maximum Gasteiger partial charge on any atom is 0.0304 e. The molecule has 0 aliphatic carbocycles. The smallest absolute Gasteiger partial charge is 0.0304 e. The van der Waals surface area contributed by atoms with E-state index < -0.39 is 0 Å². The lowest BCUT2D eigenvalue weighted by Gasteiger charge is -2.36. The van der Waals surface area contributed by atoms with Crippen LogP contribution in [0.3, 0.4) is 0 Å². The van der Waals surface area contributed by atoms with E-state index in [2.05, 4.69) is 63.5 Å². The summed E-state index contributed by atoms with van der Waals surface area (Å²) >= 11 is 0.